The molecule has 10 nitrogen and oxygen atoms in total. The van der Waals surface area contributed by atoms with Crippen molar-refractivity contribution >= 4 is 38.4 Å². The van der Waals surface area contributed by atoms with Crippen molar-refractivity contribution in [1.82, 2.24) is 15.3 Å². The Morgan fingerprint density at radius 1 is 1.26 bits per heavy atom. The van der Waals surface area contributed by atoms with Crippen molar-refractivity contribution in [3.63, 3.8) is 0 Å². The van der Waals surface area contributed by atoms with E-state index in [0.717, 1.165) is 5.56 Å². The molecule has 0 fully saturated rings. The molecule has 3 atom stereocenters. The second-order valence-corrected chi connectivity index (χ2v) is 9.66. The number of amides is 2. The lowest BCUT2D eigenvalue weighted by molar-refractivity contribution is -0.145. The fraction of sp³-hybridized carbons (Fsp3) is 0.522. The van der Waals surface area contributed by atoms with Gasteiger partial charge in [0.1, 0.15) is 12.3 Å². The van der Waals surface area contributed by atoms with Gasteiger partial charge in [0.2, 0.25) is 6.41 Å². The van der Waals surface area contributed by atoms with Crippen molar-refractivity contribution in [2.24, 2.45) is 0 Å². The molecule has 0 aliphatic heterocycles. The Labute approximate surface area is 213 Å². The average Bonchev–Trinajstić information content (AvgIpc) is 2.80. The number of carbonyl (C=O) groups excluding carboxylic acids is 3. The molecule has 0 aliphatic carbocycles. The Balaban J connectivity index is 2.76. The predicted molar refractivity (Wildman–Crippen MR) is 135 cm³/mol. The Hall–Kier alpha value is -2.23. The first-order chi connectivity index (χ1) is 16.5. The number of aryl methyl sites for hydroxylation is 1. The quantitative estimate of drug-likeness (QED) is 0.143. The van der Waals surface area contributed by atoms with Gasteiger partial charge in [-0.25, -0.2) is 5.09 Å². The number of ether oxygens (including phenoxy) is 2. The molecule has 0 bridgehead atoms. The van der Waals surface area contributed by atoms with E-state index in [2.05, 4.69) is 5.09 Å². The van der Waals surface area contributed by atoms with Crippen LogP contribution in [0.1, 0.15) is 32.8 Å². The predicted octanol–water partition coefficient (Wildman–Crippen LogP) is 3.32. The van der Waals surface area contributed by atoms with Crippen LogP contribution >= 0.6 is 20.1 Å². The molecule has 1 aromatic rings. The van der Waals surface area contributed by atoms with Crippen LogP contribution in [0.4, 0.5) is 0 Å². The zero-order valence-electron chi connectivity index (χ0n) is 20.9. The van der Waals surface area contributed by atoms with E-state index < -0.39 is 20.4 Å². The molecule has 0 heterocycles. The van der Waals surface area contributed by atoms with Gasteiger partial charge in [0.25, 0.3) is 5.91 Å². The van der Waals surface area contributed by atoms with Crippen LogP contribution < -0.4 is 14.9 Å². The molecule has 0 aliphatic rings. The lowest BCUT2D eigenvalue weighted by Gasteiger charge is -2.27. The molecule has 1 aromatic carbocycles. The van der Waals surface area contributed by atoms with E-state index in [1.807, 2.05) is 37.2 Å². The maximum Gasteiger partial charge on any atom is 0.320 e. The molecule has 2 amide bonds. The maximum absolute atomic E-state index is 12.0. The summed E-state index contributed by atoms with van der Waals surface area (Å²) in [5, 5.41) is 5.56. The summed E-state index contributed by atoms with van der Waals surface area (Å²) < 4.78 is 22.6. The van der Waals surface area contributed by atoms with Gasteiger partial charge in [0.15, 0.2) is 0 Å². The summed E-state index contributed by atoms with van der Waals surface area (Å²) in [5.74, 6) is -0.436. The van der Waals surface area contributed by atoms with E-state index in [-0.39, 0.29) is 31.4 Å². The molecule has 35 heavy (non-hydrogen) atoms. The molecular formula is C23H35ClN3O7P. The minimum atomic E-state index is -1.72. The monoisotopic (exact) mass is 531 g/mol. The van der Waals surface area contributed by atoms with Gasteiger partial charge in [-0.15, -0.1) is 0 Å². The highest BCUT2D eigenvalue weighted by molar-refractivity contribution is 7.45. The summed E-state index contributed by atoms with van der Waals surface area (Å²) in [7, 11) is 1.66. The van der Waals surface area contributed by atoms with Crippen LogP contribution in [-0.2, 0) is 28.4 Å². The highest BCUT2D eigenvalue weighted by Crippen LogP contribution is 2.37. The van der Waals surface area contributed by atoms with Gasteiger partial charge in [-0.1, -0.05) is 17.7 Å². The van der Waals surface area contributed by atoms with E-state index in [1.165, 1.54) is 6.08 Å². The molecule has 196 valence electrons. The van der Waals surface area contributed by atoms with Gasteiger partial charge < -0.3 is 23.4 Å². The third kappa shape index (κ3) is 12.9. The van der Waals surface area contributed by atoms with Crippen molar-refractivity contribution in [2.45, 2.75) is 52.4 Å². The first kappa shape index (κ1) is 30.8. The van der Waals surface area contributed by atoms with Gasteiger partial charge >= 0.3 is 14.5 Å². The molecule has 0 saturated heterocycles. The zero-order chi connectivity index (χ0) is 26.4. The fourth-order valence-electron chi connectivity index (χ4n) is 2.63. The number of imide groups is 1. The SMILES string of the molecule is COC(COP(NCC(=O)OC(C)C)Oc1ccc(C)c(Cl)c1)CC(C)N(C)/C=C\C(=O)NC=O. The van der Waals surface area contributed by atoms with Crippen LogP contribution in [0.3, 0.4) is 0 Å². The third-order valence-corrected chi connectivity index (χ3v) is 6.31. The second kappa shape index (κ2) is 16.4. The number of rotatable bonds is 16. The summed E-state index contributed by atoms with van der Waals surface area (Å²) in [6.45, 7) is 7.48. The number of nitrogens with zero attached hydrogens (tertiary/aromatic N) is 1. The number of nitrogens with one attached hydrogen (secondary N) is 2. The molecule has 0 radical (unpaired) electrons. The van der Waals surface area contributed by atoms with Gasteiger partial charge in [-0.05, 0) is 51.8 Å². The number of benzene rings is 1. The fourth-order valence-corrected chi connectivity index (χ4v) is 3.88. The molecule has 0 saturated carbocycles. The third-order valence-electron chi connectivity index (χ3n) is 4.72. The van der Waals surface area contributed by atoms with Crippen LogP contribution in [0.25, 0.3) is 0 Å². The maximum atomic E-state index is 12.0. The average molecular weight is 532 g/mol. The largest absolute Gasteiger partial charge is 0.462 e. The van der Waals surface area contributed by atoms with Crippen LogP contribution in [0, 0.1) is 6.92 Å². The summed E-state index contributed by atoms with van der Waals surface area (Å²) >= 11 is 6.20. The molecule has 1 rings (SSSR count). The number of carbonyl (C=O) groups is 3. The molecule has 12 heteroatoms. The number of hydrogen-bond acceptors (Lipinski definition) is 9. The minimum Gasteiger partial charge on any atom is -0.462 e. The minimum absolute atomic E-state index is 0.0131. The molecule has 3 unspecified atom stereocenters. The lowest BCUT2D eigenvalue weighted by atomic mass is 10.1. The summed E-state index contributed by atoms with van der Waals surface area (Å²) in [6, 6.07) is 5.27. The van der Waals surface area contributed by atoms with E-state index in [9.17, 15) is 14.4 Å². The Bertz CT molecular complexity index is 856. The standard InChI is InChI=1S/C23H35ClN3O7P/c1-16(2)33-23(30)13-26-35(34-19-8-7-17(3)21(24)12-19)32-14-20(31-6)11-18(4)27(5)10-9-22(29)25-15-28/h7-10,12,15-16,18,20,26H,11,13-14H2,1-6H3,(H,25,28,29)/b10-9-. The van der Waals surface area contributed by atoms with Gasteiger partial charge in [0.05, 0.1) is 18.8 Å². The molecule has 0 spiro atoms. The number of methoxy groups -OCH3 is 1. The summed E-state index contributed by atoms with van der Waals surface area (Å²) in [6.07, 6.45) is 3.21. The second-order valence-electron chi connectivity index (χ2n) is 7.98. The first-order valence-corrected chi connectivity index (χ1v) is 12.6. The van der Waals surface area contributed by atoms with E-state index in [0.29, 0.717) is 23.6 Å². The molecular weight excluding hydrogens is 497 g/mol. The summed E-state index contributed by atoms with van der Waals surface area (Å²) in [5.41, 5.74) is 0.910. The van der Waals surface area contributed by atoms with Crippen LogP contribution in [0.5, 0.6) is 5.75 Å². The van der Waals surface area contributed by atoms with Crippen molar-refractivity contribution in [2.75, 3.05) is 27.3 Å². The lowest BCUT2D eigenvalue weighted by Crippen LogP contribution is -2.32. The van der Waals surface area contributed by atoms with E-state index in [1.54, 1.807) is 39.3 Å². The Morgan fingerprint density at radius 2 is 1.97 bits per heavy atom. The Morgan fingerprint density at radius 3 is 2.57 bits per heavy atom. The topological polar surface area (TPSA) is 115 Å². The van der Waals surface area contributed by atoms with Crippen molar-refractivity contribution in [3.05, 3.63) is 41.1 Å². The van der Waals surface area contributed by atoms with Gasteiger partial charge in [0, 0.05) is 37.5 Å². The van der Waals surface area contributed by atoms with Crippen molar-refractivity contribution < 1.29 is 32.9 Å². The molecule has 0 aromatic heterocycles. The van der Waals surface area contributed by atoms with E-state index >= 15 is 0 Å². The highest BCUT2D eigenvalue weighted by atomic mass is 35.5. The highest BCUT2D eigenvalue weighted by Gasteiger charge is 2.21. The van der Waals surface area contributed by atoms with Crippen LogP contribution in [0.2, 0.25) is 5.02 Å². The molecule has 2 N–H and O–H groups in total. The normalized spacial score (nSPS) is 13.8. The van der Waals surface area contributed by atoms with Crippen molar-refractivity contribution in [3.8, 4) is 5.75 Å². The smallest absolute Gasteiger partial charge is 0.320 e. The number of hydrogen-bond donors (Lipinski definition) is 2. The first-order valence-electron chi connectivity index (χ1n) is 11.0. The number of esters is 1. The Kier molecular flexibility index (Phi) is 14.5. The van der Waals surface area contributed by atoms with Crippen LogP contribution in [-0.4, -0.2) is 68.7 Å². The van der Waals surface area contributed by atoms with Crippen molar-refractivity contribution in [1.29, 1.82) is 0 Å². The number of halogens is 1. The summed E-state index contributed by atoms with van der Waals surface area (Å²) in [4.78, 5) is 35.6. The zero-order valence-corrected chi connectivity index (χ0v) is 22.6. The van der Waals surface area contributed by atoms with Gasteiger partial charge in [-0.3, -0.25) is 19.7 Å². The van der Waals surface area contributed by atoms with Gasteiger partial charge in [-0.2, -0.15) is 0 Å². The van der Waals surface area contributed by atoms with E-state index in [4.69, 9.17) is 30.1 Å². The van der Waals surface area contributed by atoms with Crippen LogP contribution in [0.15, 0.2) is 30.5 Å².